The average molecular weight is 338 g/mol. The van der Waals surface area contributed by atoms with E-state index in [0.717, 1.165) is 25.9 Å². The number of carbonyl (C=O) groups excluding carboxylic acids is 1. The number of hydrogen-bond donors (Lipinski definition) is 2. The molecule has 2 atom stereocenters. The fourth-order valence-corrected chi connectivity index (χ4v) is 3.03. The molecule has 2 heterocycles. The first-order valence-corrected chi connectivity index (χ1v) is 7.78. The van der Waals surface area contributed by atoms with E-state index >= 15 is 0 Å². The Labute approximate surface area is 134 Å². The molecule has 0 aromatic heterocycles. The molecule has 5 nitrogen and oxygen atoms in total. The van der Waals surface area contributed by atoms with Gasteiger partial charge in [0, 0.05) is 12.6 Å². The number of carboxylic acids is 1. The maximum Gasteiger partial charge on any atom is 0.490 e. The summed E-state index contributed by atoms with van der Waals surface area (Å²) in [5.74, 6) is -2.41. The molecular weight excluding hydrogens is 313 g/mol. The van der Waals surface area contributed by atoms with Gasteiger partial charge >= 0.3 is 12.1 Å². The predicted octanol–water partition coefficient (Wildman–Crippen LogP) is 2.41. The van der Waals surface area contributed by atoms with Crippen LogP contribution in [0.2, 0.25) is 0 Å². The number of nitrogens with zero attached hydrogens (tertiary/aromatic N) is 1. The van der Waals surface area contributed by atoms with Crippen molar-refractivity contribution < 1.29 is 27.9 Å². The Morgan fingerprint density at radius 1 is 1.13 bits per heavy atom. The number of rotatable bonds is 1. The Kier molecular flexibility index (Phi) is 6.44. The van der Waals surface area contributed by atoms with Crippen molar-refractivity contribution in [2.75, 3.05) is 13.1 Å². The molecule has 2 aliphatic heterocycles. The average Bonchev–Trinajstić information content (AvgIpc) is 3.08. The maximum atomic E-state index is 12.4. The number of carboxylic acid groups (broad SMARTS) is 1. The molecule has 1 amide bonds. The molecular formula is C15H25F3N2O3. The van der Waals surface area contributed by atoms with Crippen LogP contribution in [0.4, 0.5) is 13.2 Å². The highest BCUT2D eigenvalue weighted by Crippen LogP contribution is 2.33. The van der Waals surface area contributed by atoms with Crippen molar-refractivity contribution in [2.45, 2.75) is 64.7 Å². The van der Waals surface area contributed by atoms with E-state index in [9.17, 15) is 18.0 Å². The van der Waals surface area contributed by atoms with Gasteiger partial charge in [0.15, 0.2) is 0 Å². The predicted molar refractivity (Wildman–Crippen MR) is 78.9 cm³/mol. The molecule has 134 valence electrons. The van der Waals surface area contributed by atoms with Gasteiger partial charge in [-0.2, -0.15) is 13.2 Å². The number of carbonyl (C=O) groups is 2. The third-order valence-corrected chi connectivity index (χ3v) is 4.14. The van der Waals surface area contributed by atoms with E-state index < -0.39 is 12.1 Å². The fourth-order valence-electron chi connectivity index (χ4n) is 3.03. The molecule has 0 unspecified atom stereocenters. The van der Waals surface area contributed by atoms with E-state index in [2.05, 4.69) is 31.0 Å². The van der Waals surface area contributed by atoms with Crippen LogP contribution in [0.3, 0.4) is 0 Å². The van der Waals surface area contributed by atoms with Crippen LogP contribution in [0.15, 0.2) is 0 Å². The summed E-state index contributed by atoms with van der Waals surface area (Å²) >= 11 is 0. The van der Waals surface area contributed by atoms with Crippen molar-refractivity contribution in [3.8, 4) is 0 Å². The summed E-state index contributed by atoms with van der Waals surface area (Å²) < 4.78 is 31.7. The summed E-state index contributed by atoms with van der Waals surface area (Å²) in [6.07, 6.45) is -0.584. The van der Waals surface area contributed by atoms with Gasteiger partial charge in [-0.05, 0) is 37.6 Å². The van der Waals surface area contributed by atoms with Gasteiger partial charge in [0.1, 0.15) is 0 Å². The molecule has 2 aliphatic rings. The van der Waals surface area contributed by atoms with Crippen LogP contribution in [-0.4, -0.2) is 53.2 Å². The third kappa shape index (κ3) is 5.67. The largest absolute Gasteiger partial charge is 0.490 e. The van der Waals surface area contributed by atoms with Crippen molar-refractivity contribution in [3.05, 3.63) is 0 Å². The van der Waals surface area contributed by atoms with Crippen molar-refractivity contribution >= 4 is 11.9 Å². The van der Waals surface area contributed by atoms with E-state index in [1.807, 2.05) is 0 Å². The molecule has 2 fully saturated rings. The van der Waals surface area contributed by atoms with Gasteiger partial charge in [0.2, 0.25) is 5.91 Å². The smallest absolute Gasteiger partial charge is 0.475 e. The van der Waals surface area contributed by atoms with Gasteiger partial charge in [0.05, 0.1) is 6.04 Å². The zero-order valence-corrected chi connectivity index (χ0v) is 13.7. The van der Waals surface area contributed by atoms with Gasteiger partial charge in [-0.3, -0.25) is 4.79 Å². The van der Waals surface area contributed by atoms with Gasteiger partial charge < -0.3 is 15.3 Å². The summed E-state index contributed by atoms with van der Waals surface area (Å²) in [7, 11) is 0. The Bertz CT molecular complexity index is 427. The number of likely N-dealkylation sites (tertiary alicyclic amines) is 1. The Balaban J connectivity index is 0.000000322. The van der Waals surface area contributed by atoms with Crippen LogP contribution in [0.1, 0.15) is 46.5 Å². The van der Waals surface area contributed by atoms with Gasteiger partial charge in [-0.1, -0.05) is 20.8 Å². The standard InChI is InChI=1S/C13H24N2O.C2HF3O2/c1-13(2,3)11-7-5-9-15(11)12(16)10-6-4-8-14-10;3-2(4,5)1(6)7/h10-11,14H,4-9H2,1-3H3;(H,6,7)/t10-,11+;/m0./s1. The first-order valence-electron chi connectivity index (χ1n) is 7.78. The van der Waals surface area contributed by atoms with E-state index in [1.54, 1.807) is 0 Å². The first-order chi connectivity index (χ1) is 10.4. The minimum absolute atomic E-state index is 0.1000. The van der Waals surface area contributed by atoms with E-state index in [0.29, 0.717) is 11.9 Å². The van der Waals surface area contributed by atoms with Crippen LogP contribution < -0.4 is 5.32 Å². The Morgan fingerprint density at radius 2 is 1.70 bits per heavy atom. The number of halogens is 3. The van der Waals surface area contributed by atoms with Crippen LogP contribution in [0.25, 0.3) is 0 Å². The molecule has 2 N–H and O–H groups in total. The van der Waals surface area contributed by atoms with Crippen LogP contribution in [-0.2, 0) is 9.59 Å². The molecule has 2 saturated heterocycles. The lowest BCUT2D eigenvalue weighted by atomic mass is 9.85. The normalized spacial score (nSPS) is 25.0. The molecule has 2 rings (SSSR count). The van der Waals surface area contributed by atoms with Crippen LogP contribution in [0.5, 0.6) is 0 Å². The summed E-state index contributed by atoms with van der Waals surface area (Å²) in [5.41, 5.74) is 0.213. The number of amides is 1. The van der Waals surface area contributed by atoms with Gasteiger partial charge in [-0.25, -0.2) is 4.79 Å². The van der Waals surface area contributed by atoms with Crippen LogP contribution >= 0.6 is 0 Å². The molecule has 0 saturated carbocycles. The highest BCUT2D eigenvalue weighted by Gasteiger charge is 2.39. The third-order valence-electron chi connectivity index (χ3n) is 4.14. The van der Waals surface area contributed by atoms with Crippen LogP contribution in [0, 0.1) is 5.41 Å². The SMILES string of the molecule is CC(C)(C)[C@H]1CCCN1C(=O)[C@@H]1CCCN1.O=C(O)C(F)(F)F. The number of nitrogens with one attached hydrogen (secondary N) is 1. The zero-order chi connectivity index (χ0) is 17.8. The lowest BCUT2D eigenvalue weighted by Gasteiger charge is -2.36. The molecule has 0 aromatic rings. The van der Waals surface area contributed by atoms with E-state index in [4.69, 9.17) is 9.90 Å². The van der Waals surface area contributed by atoms with Crippen molar-refractivity contribution in [1.29, 1.82) is 0 Å². The van der Waals surface area contributed by atoms with Crippen molar-refractivity contribution in [3.63, 3.8) is 0 Å². The monoisotopic (exact) mass is 338 g/mol. The molecule has 0 radical (unpaired) electrons. The summed E-state index contributed by atoms with van der Waals surface area (Å²) in [4.78, 5) is 23.4. The topological polar surface area (TPSA) is 69.6 Å². The summed E-state index contributed by atoms with van der Waals surface area (Å²) in [5, 5.41) is 10.4. The second kappa shape index (κ2) is 7.51. The van der Waals surface area contributed by atoms with E-state index in [1.165, 1.54) is 12.8 Å². The number of alkyl halides is 3. The molecule has 0 aliphatic carbocycles. The summed E-state index contributed by atoms with van der Waals surface area (Å²) in [6.45, 7) is 8.69. The lowest BCUT2D eigenvalue weighted by molar-refractivity contribution is -0.192. The quantitative estimate of drug-likeness (QED) is 0.770. The lowest BCUT2D eigenvalue weighted by Crippen LogP contribution is -2.49. The zero-order valence-electron chi connectivity index (χ0n) is 13.7. The molecule has 0 bridgehead atoms. The Hall–Kier alpha value is -1.31. The minimum Gasteiger partial charge on any atom is -0.475 e. The summed E-state index contributed by atoms with van der Waals surface area (Å²) in [6, 6.07) is 0.533. The highest BCUT2D eigenvalue weighted by atomic mass is 19.4. The number of hydrogen-bond acceptors (Lipinski definition) is 3. The van der Waals surface area contributed by atoms with Gasteiger partial charge in [-0.15, -0.1) is 0 Å². The molecule has 0 spiro atoms. The minimum atomic E-state index is -5.08. The molecule has 23 heavy (non-hydrogen) atoms. The second-order valence-corrected chi connectivity index (χ2v) is 7.01. The fraction of sp³-hybridized carbons (Fsp3) is 0.867. The van der Waals surface area contributed by atoms with Crippen molar-refractivity contribution in [1.82, 2.24) is 10.2 Å². The molecule has 0 aromatic carbocycles. The van der Waals surface area contributed by atoms with Gasteiger partial charge in [0.25, 0.3) is 0 Å². The Morgan fingerprint density at radius 3 is 2.09 bits per heavy atom. The first kappa shape index (κ1) is 19.7. The highest BCUT2D eigenvalue weighted by molar-refractivity contribution is 5.82. The second-order valence-electron chi connectivity index (χ2n) is 7.01. The van der Waals surface area contributed by atoms with E-state index in [-0.39, 0.29) is 11.5 Å². The molecule has 8 heteroatoms. The van der Waals surface area contributed by atoms with Crippen molar-refractivity contribution in [2.24, 2.45) is 5.41 Å². The maximum absolute atomic E-state index is 12.4. The number of aliphatic carboxylic acids is 1.